The third kappa shape index (κ3) is 24.8. The quantitative estimate of drug-likeness (QED) is 0.541. The molecule has 0 heteroatoms. The van der Waals surface area contributed by atoms with Gasteiger partial charge in [0.1, 0.15) is 0 Å². The van der Waals surface area contributed by atoms with Crippen LogP contribution in [0.4, 0.5) is 0 Å². The average Bonchev–Trinajstić information content (AvgIpc) is 2.21. The first kappa shape index (κ1) is 17.9. The summed E-state index contributed by atoms with van der Waals surface area (Å²) in [4.78, 5) is 0. The second-order valence-corrected chi connectivity index (χ2v) is 1.74. The first-order valence-corrected chi connectivity index (χ1v) is 4.89. The van der Waals surface area contributed by atoms with Crippen LogP contribution in [0.15, 0.2) is 49.1 Å². The first-order chi connectivity index (χ1) is 6.31. The van der Waals surface area contributed by atoms with Gasteiger partial charge in [-0.2, -0.15) is 0 Å². The molecular weight excluding hydrogens is 156 g/mol. The van der Waals surface area contributed by atoms with Crippen molar-refractivity contribution in [1.82, 2.24) is 0 Å². The van der Waals surface area contributed by atoms with E-state index < -0.39 is 0 Å². The number of hydrogen-bond donors (Lipinski definition) is 0. The van der Waals surface area contributed by atoms with Gasteiger partial charge in [0.2, 0.25) is 0 Å². The summed E-state index contributed by atoms with van der Waals surface area (Å²) in [6, 6.07) is 0. The van der Waals surface area contributed by atoms with E-state index in [9.17, 15) is 0 Å². The highest BCUT2D eigenvalue weighted by Gasteiger charge is 1.72. The van der Waals surface area contributed by atoms with Crippen LogP contribution in [0.25, 0.3) is 0 Å². The maximum absolute atomic E-state index is 3.57. The van der Waals surface area contributed by atoms with E-state index in [1.54, 1.807) is 12.2 Å². The van der Waals surface area contributed by atoms with Gasteiger partial charge in [0, 0.05) is 0 Å². The van der Waals surface area contributed by atoms with E-state index >= 15 is 0 Å². The molecule has 0 rings (SSSR count). The summed E-state index contributed by atoms with van der Waals surface area (Å²) in [5, 5.41) is 0. The highest BCUT2D eigenvalue weighted by molar-refractivity contribution is 5.22. The predicted octanol–water partition coefficient (Wildman–Crippen LogP) is 4.91. The van der Waals surface area contributed by atoms with Crippen molar-refractivity contribution in [2.75, 3.05) is 0 Å². The van der Waals surface area contributed by atoms with Crippen LogP contribution >= 0.6 is 0 Å². The Balaban J connectivity index is -0.000000218. The molecule has 76 valence electrons. The molecule has 13 heavy (non-hydrogen) atoms. The summed E-state index contributed by atoms with van der Waals surface area (Å²) < 4.78 is 0. The van der Waals surface area contributed by atoms with E-state index in [1.165, 1.54) is 5.57 Å². The van der Waals surface area contributed by atoms with Gasteiger partial charge in [-0.1, -0.05) is 76.8 Å². The minimum atomic E-state index is 1.19. The van der Waals surface area contributed by atoms with Gasteiger partial charge >= 0.3 is 0 Å². The van der Waals surface area contributed by atoms with Crippen molar-refractivity contribution in [1.29, 1.82) is 0 Å². The molecule has 0 aliphatic heterocycles. The molecule has 0 N–H and O–H groups in total. The van der Waals surface area contributed by atoms with Crippen LogP contribution in [0.3, 0.4) is 0 Å². The van der Waals surface area contributed by atoms with Crippen molar-refractivity contribution in [2.45, 2.75) is 34.6 Å². The van der Waals surface area contributed by atoms with Gasteiger partial charge in [-0.15, -0.1) is 0 Å². The van der Waals surface area contributed by atoms with E-state index in [0.717, 1.165) is 0 Å². The third-order valence-electron chi connectivity index (χ3n) is 0.876. The molecule has 0 nitrogen and oxygen atoms in total. The fourth-order valence-electron chi connectivity index (χ4n) is 0.461. The molecule has 0 saturated carbocycles. The zero-order valence-corrected chi connectivity index (χ0v) is 9.80. The van der Waals surface area contributed by atoms with Gasteiger partial charge in [-0.05, 0) is 6.92 Å². The molecule has 0 aromatic rings. The summed E-state index contributed by atoms with van der Waals surface area (Å²) in [7, 11) is 0. The summed E-state index contributed by atoms with van der Waals surface area (Å²) >= 11 is 0. The van der Waals surface area contributed by atoms with E-state index in [2.05, 4.69) is 13.2 Å². The third-order valence-corrected chi connectivity index (χ3v) is 0.876. The van der Waals surface area contributed by atoms with E-state index in [4.69, 9.17) is 0 Å². The van der Waals surface area contributed by atoms with Crippen LogP contribution in [0.5, 0.6) is 0 Å². The second kappa shape index (κ2) is 22.4. The van der Waals surface area contributed by atoms with Gasteiger partial charge in [0.25, 0.3) is 0 Å². The van der Waals surface area contributed by atoms with E-state index in [0.29, 0.717) is 0 Å². The monoisotopic (exact) mass is 180 g/mol. The van der Waals surface area contributed by atoms with Gasteiger partial charge in [-0.25, -0.2) is 0 Å². The normalized spacial score (nSPS) is 9.15. The van der Waals surface area contributed by atoms with Crippen molar-refractivity contribution < 1.29 is 0 Å². The first-order valence-electron chi connectivity index (χ1n) is 4.89. The van der Waals surface area contributed by atoms with Crippen LogP contribution in [-0.4, -0.2) is 0 Å². The molecule has 0 fully saturated rings. The largest absolute Gasteiger partial charge is 0.0991 e. The minimum absolute atomic E-state index is 1.19. The molecule has 0 spiro atoms. The minimum Gasteiger partial charge on any atom is -0.0991 e. The van der Waals surface area contributed by atoms with Crippen molar-refractivity contribution in [3.05, 3.63) is 49.1 Å². The molecule has 0 bridgehead atoms. The Hall–Kier alpha value is -1.04. The van der Waals surface area contributed by atoms with Crippen LogP contribution in [0.2, 0.25) is 0 Å². The molecule has 0 saturated heterocycles. The number of hydrogen-bond acceptors (Lipinski definition) is 0. The molecule has 0 radical (unpaired) electrons. The Labute approximate surface area is 84.4 Å². The smallest absolute Gasteiger partial charge is 0.0398 e. The summed E-state index contributed by atoms with van der Waals surface area (Å²) in [5.41, 5.74) is 1.19. The van der Waals surface area contributed by atoms with Crippen LogP contribution in [0, 0.1) is 0 Å². The highest BCUT2D eigenvalue weighted by atomic mass is 13.8. The maximum atomic E-state index is 3.57. The van der Waals surface area contributed by atoms with Gasteiger partial charge < -0.3 is 0 Å². The molecule has 0 amide bonds. The maximum Gasteiger partial charge on any atom is -0.0398 e. The van der Waals surface area contributed by atoms with Crippen molar-refractivity contribution in [2.24, 2.45) is 0 Å². The van der Waals surface area contributed by atoms with Crippen LogP contribution in [0.1, 0.15) is 34.6 Å². The van der Waals surface area contributed by atoms with Crippen LogP contribution in [-0.2, 0) is 0 Å². The zero-order valence-electron chi connectivity index (χ0n) is 9.80. The Bertz CT molecular complexity index is 147. The summed E-state index contributed by atoms with van der Waals surface area (Å²) in [6.45, 7) is 17.1. The average molecular weight is 180 g/mol. The van der Waals surface area contributed by atoms with Crippen molar-refractivity contribution in [3.8, 4) is 0 Å². The van der Waals surface area contributed by atoms with Crippen molar-refractivity contribution >= 4 is 0 Å². The number of allylic oxidation sites excluding steroid dienone is 6. The topological polar surface area (TPSA) is 0 Å². The lowest BCUT2D eigenvalue weighted by Crippen LogP contribution is -1.62. The second-order valence-electron chi connectivity index (χ2n) is 1.74. The lowest BCUT2D eigenvalue weighted by atomic mass is 10.2. The Morgan fingerprint density at radius 2 is 1.38 bits per heavy atom. The van der Waals surface area contributed by atoms with Crippen LogP contribution < -0.4 is 0 Å². The summed E-state index contributed by atoms with van der Waals surface area (Å²) in [5.74, 6) is 0. The Morgan fingerprint density at radius 1 is 0.923 bits per heavy atom. The van der Waals surface area contributed by atoms with Gasteiger partial charge in [0.15, 0.2) is 0 Å². The predicted molar refractivity (Wildman–Crippen MR) is 66.0 cm³/mol. The Morgan fingerprint density at radius 3 is 1.69 bits per heavy atom. The Kier molecular flexibility index (Phi) is 30.9. The lowest BCUT2D eigenvalue weighted by molar-refractivity contribution is 1.50. The molecular formula is C13H24. The van der Waals surface area contributed by atoms with E-state index in [1.807, 2.05) is 52.8 Å². The fraction of sp³-hybridized carbons (Fsp3) is 0.385. The molecule has 0 unspecified atom stereocenters. The SMILES string of the molecule is C=C/C=C\C(C)=C/C=C.CC.CC. The van der Waals surface area contributed by atoms with Gasteiger partial charge in [0.05, 0.1) is 0 Å². The zero-order chi connectivity index (χ0) is 11.1. The molecule has 0 atom stereocenters. The molecule has 0 heterocycles. The number of rotatable bonds is 3. The fourth-order valence-corrected chi connectivity index (χ4v) is 0.461. The summed E-state index contributed by atoms with van der Waals surface area (Å²) in [6.07, 6.45) is 9.34. The lowest BCUT2D eigenvalue weighted by Gasteiger charge is -1.83. The molecule has 0 aliphatic rings. The molecule has 0 aromatic heterocycles. The standard InChI is InChI=1S/C9H12.2C2H6/c1-4-6-8-9(3)7-5-2;2*1-2/h4-8H,1-2H2,3H3;2*1-2H3/b8-6-,9-7-;;. The van der Waals surface area contributed by atoms with E-state index in [-0.39, 0.29) is 0 Å². The molecule has 0 aliphatic carbocycles. The highest BCUT2D eigenvalue weighted by Crippen LogP contribution is 1.93. The molecule has 0 aromatic carbocycles. The van der Waals surface area contributed by atoms with Crippen molar-refractivity contribution in [3.63, 3.8) is 0 Å². The van der Waals surface area contributed by atoms with Gasteiger partial charge in [-0.3, -0.25) is 0 Å².